The van der Waals surface area contributed by atoms with Crippen molar-refractivity contribution in [3.05, 3.63) is 20.9 Å². The molecule has 0 spiro atoms. The maximum absolute atomic E-state index is 12.8. The van der Waals surface area contributed by atoms with E-state index in [-0.39, 0.29) is 5.91 Å². The Morgan fingerprint density at radius 1 is 1.00 bits per heavy atom. The number of hydrogen-bond donors (Lipinski definition) is 1. The molecule has 2 aliphatic rings. The van der Waals surface area contributed by atoms with Crippen molar-refractivity contribution in [1.29, 1.82) is 0 Å². The van der Waals surface area contributed by atoms with Gasteiger partial charge in [-0.1, -0.05) is 0 Å². The predicted octanol–water partition coefficient (Wildman–Crippen LogP) is 2.35. The van der Waals surface area contributed by atoms with E-state index in [0.717, 1.165) is 57.2 Å². The first-order valence-electron chi connectivity index (χ1n) is 7.42. The molecular formula is C15H20N2O2S. The molecule has 0 bridgehead atoms. The molecule has 0 atom stereocenters. The summed E-state index contributed by atoms with van der Waals surface area (Å²) in [6.07, 6.45) is 7.44. The standard InChI is InChI=1S/C15H20N2O2S/c16-14(18)13-12(10-6-2-3-7-11(10)20-13)15(19)17-8-4-1-5-9-17/h1-9H2,(H2,16,18). The number of nitrogens with zero attached hydrogens (tertiary/aromatic N) is 1. The number of fused-ring (bicyclic) bond motifs is 1. The third-order valence-corrected chi connectivity index (χ3v) is 5.56. The zero-order valence-corrected chi connectivity index (χ0v) is 12.4. The van der Waals surface area contributed by atoms with Gasteiger partial charge < -0.3 is 10.6 Å². The summed E-state index contributed by atoms with van der Waals surface area (Å²) in [6, 6.07) is 0. The van der Waals surface area contributed by atoms with Crippen LogP contribution >= 0.6 is 11.3 Å². The molecule has 3 rings (SSSR count). The fraction of sp³-hybridized carbons (Fsp3) is 0.600. The van der Waals surface area contributed by atoms with Gasteiger partial charge in [0.1, 0.15) is 4.88 Å². The summed E-state index contributed by atoms with van der Waals surface area (Å²) in [7, 11) is 0. The van der Waals surface area contributed by atoms with Crippen molar-refractivity contribution in [2.75, 3.05) is 13.1 Å². The molecule has 0 radical (unpaired) electrons. The molecule has 108 valence electrons. The van der Waals surface area contributed by atoms with Gasteiger partial charge in [0, 0.05) is 18.0 Å². The van der Waals surface area contributed by atoms with E-state index in [4.69, 9.17) is 5.73 Å². The molecule has 1 fully saturated rings. The fourth-order valence-electron chi connectivity index (χ4n) is 3.22. The maximum atomic E-state index is 12.8. The highest BCUT2D eigenvalue weighted by molar-refractivity contribution is 7.14. The second-order valence-corrected chi connectivity index (χ2v) is 6.74. The van der Waals surface area contributed by atoms with Crippen molar-refractivity contribution >= 4 is 23.2 Å². The Labute approximate surface area is 122 Å². The molecule has 2 N–H and O–H groups in total. The van der Waals surface area contributed by atoms with Crippen LogP contribution in [0.25, 0.3) is 0 Å². The molecule has 2 heterocycles. The summed E-state index contributed by atoms with van der Waals surface area (Å²) in [5.74, 6) is -0.428. The quantitative estimate of drug-likeness (QED) is 0.909. The first-order chi connectivity index (χ1) is 9.68. The number of carbonyl (C=O) groups is 2. The van der Waals surface area contributed by atoms with Crippen LogP contribution in [0, 0.1) is 0 Å². The van der Waals surface area contributed by atoms with E-state index < -0.39 is 5.91 Å². The number of aryl methyl sites for hydroxylation is 1. The normalized spacial score (nSPS) is 18.7. The minimum absolute atomic E-state index is 0.0258. The summed E-state index contributed by atoms with van der Waals surface area (Å²) in [6.45, 7) is 1.61. The van der Waals surface area contributed by atoms with E-state index in [0.29, 0.717) is 10.4 Å². The second kappa shape index (κ2) is 5.56. The van der Waals surface area contributed by atoms with Crippen LogP contribution in [-0.2, 0) is 12.8 Å². The average Bonchev–Trinajstić information content (AvgIpc) is 2.87. The molecule has 1 aliphatic carbocycles. The molecule has 20 heavy (non-hydrogen) atoms. The largest absolute Gasteiger partial charge is 0.365 e. The van der Waals surface area contributed by atoms with Crippen molar-refractivity contribution in [2.24, 2.45) is 5.73 Å². The van der Waals surface area contributed by atoms with Gasteiger partial charge in [0.05, 0.1) is 5.56 Å². The Balaban J connectivity index is 1.99. The number of carbonyl (C=O) groups excluding carboxylic acids is 2. The molecule has 0 saturated carbocycles. The van der Waals surface area contributed by atoms with E-state index in [1.807, 2.05) is 4.90 Å². The lowest BCUT2D eigenvalue weighted by Crippen LogP contribution is -2.37. The number of amides is 2. The number of hydrogen-bond acceptors (Lipinski definition) is 3. The van der Waals surface area contributed by atoms with Gasteiger partial charge in [0.2, 0.25) is 0 Å². The third kappa shape index (κ3) is 2.35. The lowest BCUT2D eigenvalue weighted by molar-refractivity contribution is 0.0719. The van der Waals surface area contributed by atoms with Crippen LogP contribution in [-0.4, -0.2) is 29.8 Å². The predicted molar refractivity (Wildman–Crippen MR) is 79.2 cm³/mol. The maximum Gasteiger partial charge on any atom is 0.259 e. The van der Waals surface area contributed by atoms with Crippen LogP contribution in [0.5, 0.6) is 0 Å². The van der Waals surface area contributed by atoms with Gasteiger partial charge in [-0.3, -0.25) is 9.59 Å². The molecule has 0 unspecified atom stereocenters. The Bertz CT molecular complexity index is 544. The summed E-state index contributed by atoms with van der Waals surface area (Å²) in [5, 5.41) is 0. The van der Waals surface area contributed by atoms with Crippen LogP contribution in [0.15, 0.2) is 0 Å². The van der Waals surface area contributed by atoms with E-state index >= 15 is 0 Å². The van der Waals surface area contributed by atoms with Gasteiger partial charge in [-0.05, 0) is 50.5 Å². The molecular weight excluding hydrogens is 272 g/mol. The smallest absolute Gasteiger partial charge is 0.259 e. The van der Waals surface area contributed by atoms with Crippen LogP contribution in [0.4, 0.5) is 0 Å². The number of primary amides is 1. The number of rotatable bonds is 2. The van der Waals surface area contributed by atoms with E-state index in [9.17, 15) is 9.59 Å². The van der Waals surface area contributed by atoms with Crippen LogP contribution < -0.4 is 5.73 Å². The molecule has 1 aliphatic heterocycles. The summed E-state index contributed by atoms with van der Waals surface area (Å²) < 4.78 is 0. The van der Waals surface area contributed by atoms with E-state index in [1.54, 1.807) is 0 Å². The fourth-order valence-corrected chi connectivity index (χ4v) is 4.45. The van der Waals surface area contributed by atoms with Crippen LogP contribution in [0.1, 0.15) is 62.6 Å². The lowest BCUT2D eigenvalue weighted by Gasteiger charge is -2.27. The minimum atomic E-state index is -0.454. The molecule has 1 aromatic rings. The topological polar surface area (TPSA) is 63.4 Å². The number of nitrogens with two attached hydrogens (primary N) is 1. The van der Waals surface area contributed by atoms with E-state index in [1.165, 1.54) is 22.6 Å². The van der Waals surface area contributed by atoms with Gasteiger partial charge >= 0.3 is 0 Å². The monoisotopic (exact) mass is 292 g/mol. The van der Waals surface area contributed by atoms with Crippen molar-refractivity contribution in [3.63, 3.8) is 0 Å². The van der Waals surface area contributed by atoms with Gasteiger partial charge in [-0.15, -0.1) is 11.3 Å². The summed E-state index contributed by atoms with van der Waals surface area (Å²) in [5.41, 5.74) is 7.22. The Kier molecular flexibility index (Phi) is 3.78. The van der Waals surface area contributed by atoms with Gasteiger partial charge in [-0.25, -0.2) is 0 Å². The van der Waals surface area contributed by atoms with Gasteiger partial charge in [0.15, 0.2) is 0 Å². The van der Waals surface area contributed by atoms with Gasteiger partial charge in [-0.2, -0.15) is 0 Å². The zero-order chi connectivity index (χ0) is 14.1. The third-order valence-electron chi connectivity index (χ3n) is 4.25. The Morgan fingerprint density at radius 2 is 1.70 bits per heavy atom. The zero-order valence-electron chi connectivity index (χ0n) is 11.6. The molecule has 4 nitrogen and oxygen atoms in total. The van der Waals surface area contributed by atoms with Gasteiger partial charge in [0.25, 0.3) is 11.8 Å². The van der Waals surface area contributed by atoms with Crippen LogP contribution in [0.2, 0.25) is 0 Å². The number of thiophene rings is 1. The van der Waals surface area contributed by atoms with Crippen molar-refractivity contribution in [2.45, 2.75) is 44.9 Å². The van der Waals surface area contributed by atoms with Crippen LogP contribution in [0.3, 0.4) is 0 Å². The van der Waals surface area contributed by atoms with E-state index in [2.05, 4.69) is 0 Å². The van der Waals surface area contributed by atoms with Crippen molar-refractivity contribution in [1.82, 2.24) is 4.90 Å². The Morgan fingerprint density at radius 3 is 2.40 bits per heavy atom. The first-order valence-corrected chi connectivity index (χ1v) is 8.23. The number of piperidine rings is 1. The highest BCUT2D eigenvalue weighted by Gasteiger charge is 2.30. The first kappa shape index (κ1) is 13.6. The van der Waals surface area contributed by atoms with Crippen molar-refractivity contribution < 1.29 is 9.59 Å². The van der Waals surface area contributed by atoms with Crippen molar-refractivity contribution in [3.8, 4) is 0 Å². The number of likely N-dealkylation sites (tertiary alicyclic amines) is 1. The summed E-state index contributed by atoms with van der Waals surface area (Å²) >= 11 is 1.44. The Hall–Kier alpha value is -1.36. The SMILES string of the molecule is NC(=O)c1sc2c(c1C(=O)N1CCCCC1)CCCC2. The molecule has 5 heteroatoms. The molecule has 2 amide bonds. The lowest BCUT2D eigenvalue weighted by atomic mass is 9.93. The average molecular weight is 292 g/mol. The summed E-state index contributed by atoms with van der Waals surface area (Å²) in [4.78, 5) is 28.0. The minimum Gasteiger partial charge on any atom is -0.365 e. The highest BCUT2D eigenvalue weighted by Crippen LogP contribution is 2.35. The molecule has 1 aromatic heterocycles. The molecule has 0 aromatic carbocycles. The highest BCUT2D eigenvalue weighted by atomic mass is 32.1. The second-order valence-electron chi connectivity index (χ2n) is 5.63. The molecule has 1 saturated heterocycles.